The smallest absolute Gasteiger partial charge is 0.263 e. The van der Waals surface area contributed by atoms with Gasteiger partial charge in [0.05, 0.1) is 19.9 Å². The first kappa shape index (κ1) is 19.9. The van der Waals surface area contributed by atoms with Gasteiger partial charge in [0.25, 0.3) is 11.5 Å². The summed E-state index contributed by atoms with van der Waals surface area (Å²) in [7, 11) is 3.08. The molecule has 0 spiro atoms. The number of aryl methyl sites for hydroxylation is 1. The molecule has 2 N–H and O–H groups in total. The van der Waals surface area contributed by atoms with E-state index < -0.39 is 5.91 Å². The Hall–Kier alpha value is -2.80. The number of benzene rings is 1. The topological polar surface area (TPSA) is 81.6 Å². The molecular formula is C21H27N3O4. The zero-order chi connectivity index (χ0) is 20.1. The van der Waals surface area contributed by atoms with Crippen molar-refractivity contribution in [1.29, 1.82) is 0 Å². The molecule has 150 valence electrons. The summed E-state index contributed by atoms with van der Waals surface area (Å²) in [5.74, 6) is 1.04. The van der Waals surface area contributed by atoms with E-state index in [0.29, 0.717) is 35.2 Å². The Morgan fingerprint density at radius 3 is 2.79 bits per heavy atom. The maximum Gasteiger partial charge on any atom is 0.263 e. The van der Waals surface area contributed by atoms with Crippen LogP contribution in [0.2, 0.25) is 0 Å². The number of carbonyl (C=O) groups is 1. The minimum absolute atomic E-state index is 0.157. The zero-order valence-electron chi connectivity index (χ0n) is 16.6. The Morgan fingerprint density at radius 2 is 2.11 bits per heavy atom. The summed E-state index contributed by atoms with van der Waals surface area (Å²) in [6, 6.07) is 6.92. The van der Waals surface area contributed by atoms with E-state index in [9.17, 15) is 9.59 Å². The Kier molecular flexibility index (Phi) is 6.36. The molecule has 1 aromatic carbocycles. The summed E-state index contributed by atoms with van der Waals surface area (Å²) in [6.45, 7) is 4.30. The Labute approximate surface area is 164 Å². The Morgan fingerprint density at radius 1 is 1.29 bits per heavy atom. The molecule has 28 heavy (non-hydrogen) atoms. The van der Waals surface area contributed by atoms with Crippen LogP contribution in [0.3, 0.4) is 0 Å². The largest absolute Gasteiger partial charge is 0.497 e. The van der Waals surface area contributed by atoms with E-state index in [-0.39, 0.29) is 11.1 Å². The molecule has 3 rings (SSSR count). The first-order valence-electron chi connectivity index (χ1n) is 9.47. The van der Waals surface area contributed by atoms with Gasteiger partial charge in [-0.1, -0.05) is 0 Å². The molecule has 1 aliphatic rings. The number of methoxy groups -OCH3 is 2. The summed E-state index contributed by atoms with van der Waals surface area (Å²) < 4.78 is 12.1. The molecule has 1 saturated heterocycles. The van der Waals surface area contributed by atoms with E-state index in [1.54, 1.807) is 43.0 Å². The quantitative estimate of drug-likeness (QED) is 0.798. The van der Waals surface area contributed by atoms with Gasteiger partial charge in [0, 0.05) is 18.8 Å². The average Bonchev–Trinajstić information content (AvgIpc) is 2.71. The fourth-order valence-electron chi connectivity index (χ4n) is 3.53. The van der Waals surface area contributed by atoms with E-state index in [2.05, 4.69) is 10.6 Å². The number of hydrogen-bond donors (Lipinski definition) is 2. The third kappa shape index (κ3) is 4.36. The van der Waals surface area contributed by atoms with Crippen molar-refractivity contribution >= 4 is 11.6 Å². The number of carbonyl (C=O) groups excluding carboxylic acids is 1. The van der Waals surface area contributed by atoms with Crippen molar-refractivity contribution in [3.8, 4) is 11.5 Å². The van der Waals surface area contributed by atoms with E-state index in [1.807, 2.05) is 6.07 Å². The SMILES string of the molecule is COc1ccc(NC(=O)c2c(C)ccn(CC3CCCNC3)c2=O)c(OC)c1. The average molecular weight is 385 g/mol. The second-order valence-corrected chi connectivity index (χ2v) is 7.06. The van der Waals surface area contributed by atoms with E-state index in [0.717, 1.165) is 25.9 Å². The van der Waals surface area contributed by atoms with Crippen LogP contribution in [0.15, 0.2) is 35.3 Å². The highest BCUT2D eigenvalue weighted by atomic mass is 16.5. The van der Waals surface area contributed by atoms with Crippen LogP contribution in [0.4, 0.5) is 5.69 Å². The number of nitrogens with zero attached hydrogens (tertiary/aromatic N) is 1. The number of piperidine rings is 1. The number of anilines is 1. The Balaban J connectivity index is 1.85. The maximum atomic E-state index is 13.0. The zero-order valence-corrected chi connectivity index (χ0v) is 16.6. The molecule has 1 aliphatic heterocycles. The lowest BCUT2D eigenvalue weighted by atomic mass is 9.99. The number of amides is 1. The van der Waals surface area contributed by atoms with Crippen molar-refractivity contribution in [2.45, 2.75) is 26.3 Å². The van der Waals surface area contributed by atoms with Gasteiger partial charge < -0.3 is 24.7 Å². The second kappa shape index (κ2) is 8.93. The minimum Gasteiger partial charge on any atom is -0.497 e. The first-order chi connectivity index (χ1) is 13.5. The molecule has 1 fully saturated rings. The van der Waals surface area contributed by atoms with Crippen molar-refractivity contribution in [3.05, 3.63) is 51.9 Å². The highest BCUT2D eigenvalue weighted by Crippen LogP contribution is 2.29. The molecule has 2 aromatic rings. The van der Waals surface area contributed by atoms with Gasteiger partial charge in [-0.25, -0.2) is 0 Å². The van der Waals surface area contributed by atoms with Crippen molar-refractivity contribution in [2.75, 3.05) is 32.6 Å². The first-order valence-corrected chi connectivity index (χ1v) is 9.47. The second-order valence-electron chi connectivity index (χ2n) is 7.06. The van der Waals surface area contributed by atoms with Gasteiger partial charge >= 0.3 is 0 Å². The normalized spacial score (nSPS) is 16.5. The van der Waals surface area contributed by atoms with Gasteiger partial charge in [-0.2, -0.15) is 0 Å². The van der Waals surface area contributed by atoms with Gasteiger partial charge in [0.2, 0.25) is 0 Å². The van der Waals surface area contributed by atoms with Crippen LogP contribution in [0.1, 0.15) is 28.8 Å². The van der Waals surface area contributed by atoms with Crippen LogP contribution < -0.4 is 25.7 Å². The molecule has 1 aromatic heterocycles. The predicted octanol–water partition coefficient (Wildman–Crippen LogP) is 2.43. The standard InChI is InChI=1S/C21H27N3O4/c1-14-8-10-24(13-15-5-4-9-22-12-15)21(26)19(14)20(25)23-17-7-6-16(27-2)11-18(17)28-3/h6-8,10-11,15,22H,4-5,9,12-13H2,1-3H3,(H,23,25). The highest BCUT2D eigenvalue weighted by molar-refractivity contribution is 6.05. The molecular weight excluding hydrogens is 358 g/mol. The van der Waals surface area contributed by atoms with Crippen molar-refractivity contribution in [1.82, 2.24) is 9.88 Å². The molecule has 1 atom stereocenters. The predicted molar refractivity (Wildman–Crippen MR) is 109 cm³/mol. The third-order valence-electron chi connectivity index (χ3n) is 5.11. The van der Waals surface area contributed by atoms with Gasteiger partial charge in [-0.15, -0.1) is 0 Å². The van der Waals surface area contributed by atoms with Gasteiger partial charge in [0.1, 0.15) is 17.1 Å². The summed E-state index contributed by atoms with van der Waals surface area (Å²) in [4.78, 5) is 25.9. The summed E-state index contributed by atoms with van der Waals surface area (Å²) >= 11 is 0. The van der Waals surface area contributed by atoms with Crippen molar-refractivity contribution < 1.29 is 14.3 Å². The van der Waals surface area contributed by atoms with Crippen LogP contribution in [-0.4, -0.2) is 37.8 Å². The van der Waals surface area contributed by atoms with Crippen molar-refractivity contribution in [2.24, 2.45) is 5.92 Å². The monoisotopic (exact) mass is 385 g/mol. The number of nitrogens with one attached hydrogen (secondary N) is 2. The van der Waals surface area contributed by atoms with E-state index in [4.69, 9.17) is 9.47 Å². The van der Waals surface area contributed by atoms with Gasteiger partial charge in [0.15, 0.2) is 0 Å². The fraction of sp³-hybridized carbons (Fsp3) is 0.429. The van der Waals surface area contributed by atoms with Crippen LogP contribution in [0.5, 0.6) is 11.5 Å². The van der Waals surface area contributed by atoms with Gasteiger partial charge in [-0.05, 0) is 62.5 Å². The van der Waals surface area contributed by atoms with Gasteiger partial charge in [-0.3, -0.25) is 9.59 Å². The Bertz CT molecular complexity index is 901. The molecule has 0 bridgehead atoms. The van der Waals surface area contributed by atoms with Crippen LogP contribution in [0, 0.1) is 12.8 Å². The molecule has 2 heterocycles. The molecule has 0 saturated carbocycles. The lowest BCUT2D eigenvalue weighted by Crippen LogP contribution is -2.36. The molecule has 1 amide bonds. The minimum atomic E-state index is -0.443. The third-order valence-corrected chi connectivity index (χ3v) is 5.11. The number of ether oxygens (including phenoxy) is 2. The van der Waals surface area contributed by atoms with Crippen LogP contribution in [-0.2, 0) is 6.54 Å². The fourth-order valence-corrected chi connectivity index (χ4v) is 3.53. The summed E-state index contributed by atoms with van der Waals surface area (Å²) in [5.41, 5.74) is 1.02. The maximum absolute atomic E-state index is 13.0. The number of pyridine rings is 1. The van der Waals surface area contributed by atoms with Crippen molar-refractivity contribution in [3.63, 3.8) is 0 Å². The number of aromatic nitrogens is 1. The van der Waals surface area contributed by atoms with E-state index in [1.165, 1.54) is 7.11 Å². The highest BCUT2D eigenvalue weighted by Gasteiger charge is 2.20. The molecule has 7 heteroatoms. The number of rotatable bonds is 6. The van der Waals surface area contributed by atoms with Crippen LogP contribution >= 0.6 is 0 Å². The molecule has 1 unspecified atom stereocenters. The molecule has 0 aliphatic carbocycles. The lowest BCUT2D eigenvalue weighted by molar-refractivity contribution is 0.102. The number of hydrogen-bond acceptors (Lipinski definition) is 5. The molecule has 7 nitrogen and oxygen atoms in total. The lowest BCUT2D eigenvalue weighted by Gasteiger charge is -2.23. The van der Waals surface area contributed by atoms with Crippen LogP contribution in [0.25, 0.3) is 0 Å². The molecule has 0 radical (unpaired) electrons. The summed E-state index contributed by atoms with van der Waals surface area (Å²) in [5, 5.41) is 6.16. The summed E-state index contributed by atoms with van der Waals surface area (Å²) in [6.07, 6.45) is 3.96. The van der Waals surface area contributed by atoms with E-state index >= 15 is 0 Å².